The van der Waals surface area contributed by atoms with Crippen LogP contribution in [-0.2, 0) is 0 Å². The molecule has 5 nitrogen and oxygen atoms in total. The predicted molar refractivity (Wildman–Crippen MR) is 50.0 cm³/mol. The summed E-state index contributed by atoms with van der Waals surface area (Å²) in [5.41, 5.74) is 0.142. The minimum absolute atomic E-state index is 0.0187. The largest absolute Gasteiger partial charge is 0.478 e. The molecule has 14 heavy (non-hydrogen) atoms. The van der Waals surface area contributed by atoms with Gasteiger partial charge in [-0.3, -0.25) is 0 Å². The number of aromatic nitrogens is 3. The Labute approximate surface area is 87.9 Å². The summed E-state index contributed by atoms with van der Waals surface area (Å²) in [7, 11) is 0. The number of halogens is 2. The molecule has 0 radical (unpaired) electrons. The summed E-state index contributed by atoms with van der Waals surface area (Å²) in [5, 5.41) is 12.8. The van der Waals surface area contributed by atoms with Crippen LogP contribution in [0, 0.1) is 0 Å². The fourth-order valence-corrected chi connectivity index (χ4v) is 1.45. The second-order valence-electron chi connectivity index (χ2n) is 2.53. The van der Waals surface area contributed by atoms with Crippen molar-refractivity contribution in [3.05, 3.63) is 28.1 Å². The molecule has 0 aliphatic heterocycles. The molecule has 2 rings (SSSR count). The lowest BCUT2D eigenvalue weighted by Crippen LogP contribution is -2.01. The molecule has 0 bridgehead atoms. The standard InChI is InChI=1S/C7H3Cl2N3O2/c8-3-1-4(6(13)14)5-10-7(9)11-12(5)2-3/h1-2H,(H,13,14). The molecule has 2 aromatic rings. The van der Waals surface area contributed by atoms with Crippen LogP contribution in [0.5, 0.6) is 0 Å². The average Bonchev–Trinajstić information content (AvgIpc) is 2.42. The lowest BCUT2D eigenvalue weighted by Gasteiger charge is -1.97. The molecule has 0 saturated carbocycles. The molecule has 0 aliphatic rings. The molecule has 0 spiro atoms. The van der Waals surface area contributed by atoms with E-state index in [4.69, 9.17) is 28.3 Å². The number of carbonyl (C=O) groups is 1. The van der Waals surface area contributed by atoms with Crippen molar-refractivity contribution in [1.29, 1.82) is 0 Å². The fourth-order valence-electron chi connectivity index (χ4n) is 1.08. The molecule has 0 aliphatic carbocycles. The summed E-state index contributed by atoms with van der Waals surface area (Å²) >= 11 is 11.2. The molecular formula is C7H3Cl2N3O2. The van der Waals surface area contributed by atoms with Gasteiger partial charge in [-0.25, -0.2) is 9.31 Å². The summed E-state index contributed by atoms with van der Waals surface area (Å²) in [6.45, 7) is 0. The average molecular weight is 232 g/mol. The Morgan fingerprint density at radius 3 is 2.86 bits per heavy atom. The third-order valence-electron chi connectivity index (χ3n) is 1.60. The lowest BCUT2D eigenvalue weighted by atomic mass is 10.3. The van der Waals surface area contributed by atoms with Gasteiger partial charge >= 0.3 is 5.97 Å². The fraction of sp³-hybridized carbons (Fsp3) is 0. The van der Waals surface area contributed by atoms with Crippen molar-refractivity contribution >= 4 is 34.8 Å². The number of nitrogens with zero attached hydrogens (tertiary/aromatic N) is 3. The van der Waals surface area contributed by atoms with Crippen LogP contribution in [0.4, 0.5) is 0 Å². The van der Waals surface area contributed by atoms with Crippen LogP contribution >= 0.6 is 23.2 Å². The van der Waals surface area contributed by atoms with Crippen LogP contribution in [0.15, 0.2) is 12.3 Å². The number of carboxylic acid groups (broad SMARTS) is 1. The molecular weight excluding hydrogens is 229 g/mol. The molecule has 0 aromatic carbocycles. The summed E-state index contributed by atoms with van der Waals surface area (Å²) in [4.78, 5) is 14.5. The molecule has 2 aromatic heterocycles. The van der Waals surface area contributed by atoms with Gasteiger partial charge in [0.15, 0.2) is 5.65 Å². The highest BCUT2D eigenvalue weighted by Crippen LogP contribution is 2.17. The maximum Gasteiger partial charge on any atom is 0.339 e. The topological polar surface area (TPSA) is 67.5 Å². The van der Waals surface area contributed by atoms with E-state index < -0.39 is 5.97 Å². The zero-order valence-electron chi connectivity index (χ0n) is 6.61. The summed E-state index contributed by atoms with van der Waals surface area (Å²) in [6.07, 6.45) is 1.43. The number of fused-ring (bicyclic) bond motifs is 1. The lowest BCUT2D eigenvalue weighted by molar-refractivity contribution is 0.0698. The Bertz CT molecular complexity index is 523. The molecule has 0 atom stereocenters. The van der Waals surface area contributed by atoms with Crippen LogP contribution in [-0.4, -0.2) is 25.7 Å². The van der Waals surface area contributed by atoms with E-state index in [1.54, 1.807) is 0 Å². The molecule has 0 amide bonds. The van der Waals surface area contributed by atoms with Crippen molar-refractivity contribution < 1.29 is 9.90 Å². The van der Waals surface area contributed by atoms with Crippen LogP contribution in [0.3, 0.4) is 0 Å². The van der Waals surface area contributed by atoms with Crippen molar-refractivity contribution in [2.45, 2.75) is 0 Å². The Balaban J connectivity index is 2.85. The van der Waals surface area contributed by atoms with Crippen molar-refractivity contribution in [2.24, 2.45) is 0 Å². The van der Waals surface area contributed by atoms with Gasteiger partial charge in [-0.1, -0.05) is 11.6 Å². The van der Waals surface area contributed by atoms with E-state index in [0.717, 1.165) is 0 Å². The summed E-state index contributed by atoms with van der Waals surface area (Å²) in [5.74, 6) is -1.12. The van der Waals surface area contributed by atoms with E-state index in [2.05, 4.69) is 10.1 Å². The third-order valence-corrected chi connectivity index (χ3v) is 1.97. The highest BCUT2D eigenvalue weighted by atomic mass is 35.5. The first-order valence-electron chi connectivity index (χ1n) is 3.52. The SMILES string of the molecule is O=C(O)c1cc(Cl)cn2nc(Cl)nc12. The van der Waals surface area contributed by atoms with Gasteiger partial charge in [-0.15, -0.1) is 5.10 Å². The zero-order chi connectivity index (χ0) is 10.3. The number of hydrogen-bond donors (Lipinski definition) is 1. The van der Waals surface area contributed by atoms with Gasteiger partial charge in [0.25, 0.3) is 0 Å². The first-order valence-corrected chi connectivity index (χ1v) is 4.28. The number of pyridine rings is 1. The molecule has 0 unspecified atom stereocenters. The van der Waals surface area contributed by atoms with Crippen molar-refractivity contribution in [1.82, 2.24) is 14.6 Å². The van der Waals surface area contributed by atoms with Crippen LogP contribution < -0.4 is 0 Å². The second kappa shape index (κ2) is 3.11. The van der Waals surface area contributed by atoms with Gasteiger partial charge in [0, 0.05) is 6.20 Å². The van der Waals surface area contributed by atoms with E-state index in [1.165, 1.54) is 16.8 Å². The zero-order valence-corrected chi connectivity index (χ0v) is 8.12. The van der Waals surface area contributed by atoms with E-state index >= 15 is 0 Å². The highest BCUT2D eigenvalue weighted by Gasteiger charge is 2.13. The van der Waals surface area contributed by atoms with Crippen molar-refractivity contribution in [2.75, 3.05) is 0 Å². The van der Waals surface area contributed by atoms with E-state index in [9.17, 15) is 4.79 Å². The van der Waals surface area contributed by atoms with Gasteiger partial charge in [0.2, 0.25) is 5.28 Å². The van der Waals surface area contributed by atoms with Gasteiger partial charge in [-0.05, 0) is 17.7 Å². The number of rotatable bonds is 1. The predicted octanol–water partition coefficient (Wildman–Crippen LogP) is 1.73. The molecule has 2 heterocycles. The van der Waals surface area contributed by atoms with Crippen LogP contribution in [0.2, 0.25) is 10.3 Å². The second-order valence-corrected chi connectivity index (χ2v) is 3.30. The number of hydrogen-bond acceptors (Lipinski definition) is 3. The van der Waals surface area contributed by atoms with Crippen LogP contribution in [0.25, 0.3) is 5.65 Å². The van der Waals surface area contributed by atoms with Crippen molar-refractivity contribution in [3.8, 4) is 0 Å². The number of carboxylic acids is 1. The molecule has 0 saturated heterocycles. The third kappa shape index (κ3) is 1.40. The molecule has 1 N–H and O–H groups in total. The number of aromatic carboxylic acids is 1. The Hall–Kier alpha value is -1.33. The molecule has 72 valence electrons. The first-order chi connectivity index (χ1) is 6.58. The highest BCUT2D eigenvalue weighted by molar-refractivity contribution is 6.31. The smallest absolute Gasteiger partial charge is 0.339 e. The first kappa shape index (κ1) is 9.23. The normalized spacial score (nSPS) is 10.7. The van der Waals surface area contributed by atoms with E-state index in [-0.39, 0.29) is 21.5 Å². The minimum atomic E-state index is -1.12. The molecule has 7 heteroatoms. The minimum Gasteiger partial charge on any atom is -0.478 e. The van der Waals surface area contributed by atoms with Crippen molar-refractivity contribution in [3.63, 3.8) is 0 Å². The Morgan fingerprint density at radius 2 is 2.21 bits per heavy atom. The summed E-state index contributed by atoms with van der Waals surface area (Å²) < 4.78 is 1.23. The van der Waals surface area contributed by atoms with Gasteiger partial charge < -0.3 is 5.11 Å². The maximum atomic E-state index is 10.8. The summed E-state index contributed by atoms with van der Waals surface area (Å²) in [6, 6.07) is 1.30. The quantitative estimate of drug-likeness (QED) is 0.812. The Kier molecular flexibility index (Phi) is 2.05. The molecule has 0 fully saturated rings. The van der Waals surface area contributed by atoms with Crippen LogP contribution in [0.1, 0.15) is 10.4 Å². The van der Waals surface area contributed by atoms with Gasteiger partial charge in [0.05, 0.1) is 5.02 Å². The maximum absolute atomic E-state index is 10.8. The van der Waals surface area contributed by atoms with E-state index in [0.29, 0.717) is 0 Å². The Morgan fingerprint density at radius 1 is 1.50 bits per heavy atom. The van der Waals surface area contributed by atoms with Gasteiger partial charge in [0.1, 0.15) is 5.56 Å². The van der Waals surface area contributed by atoms with Gasteiger partial charge in [-0.2, -0.15) is 4.98 Å². The van der Waals surface area contributed by atoms with E-state index in [1.807, 2.05) is 0 Å². The monoisotopic (exact) mass is 231 g/mol.